The van der Waals surface area contributed by atoms with Gasteiger partial charge in [0.25, 0.3) is 5.91 Å². The Morgan fingerprint density at radius 3 is 2.37 bits per heavy atom. The van der Waals surface area contributed by atoms with Crippen molar-refractivity contribution >= 4 is 18.0 Å². The van der Waals surface area contributed by atoms with Crippen molar-refractivity contribution in [1.29, 1.82) is 0 Å². The third kappa shape index (κ3) is 4.54. The number of esters is 1. The van der Waals surface area contributed by atoms with E-state index in [-0.39, 0.29) is 5.56 Å². The van der Waals surface area contributed by atoms with Crippen molar-refractivity contribution in [2.75, 3.05) is 7.11 Å². The number of benzene rings is 2. The van der Waals surface area contributed by atoms with Gasteiger partial charge in [-0.25, -0.2) is 14.3 Å². The molecule has 0 unspecified atom stereocenters. The van der Waals surface area contributed by atoms with Crippen molar-refractivity contribution in [1.82, 2.24) is 15.1 Å². The summed E-state index contributed by atoms with van der Waals surface area (Å²) >= 11 is 0. The molecule has 3 rings (SSSR count). The number of alkyl carbamates (subject to hydrolysis) is 1. The number of amides is 2. The zero-order valence-electron chi connectivity index (χ0n) is 16.8. The summed E-state index contributed by atoms with van der Waals surface area (Å²) in [5.41, 5.74) is 3.10. The minimum absolute atomic E-state index is 0.200. The first-order valence-corrected chi connectivity index (χ1v) is 9.21. The van der Waals surface area contributed by atoms with Gasteiger partial charge in [-0.1, -0.05) is 42.5 Å². The number of rotatable bonds is 5. The van der Waals surface area contributed by atoms with E-state index < -0.39 is 24.1 Å². The molecule has 1 N–H and O–H groups in total. The number of carbonyl (C=O) groups is 3. The van der Waals surface area contributed by atoms with Gasteiger partial charge in [-0.3, -0.25) is 10.1 Å². The summed E-state index contributed by atoms with van der Waals surface area (Å²) < 4.78 is 11.2. The van der Waals surface area contributed by atoms with Crippen LogP contribution in [0, 0.1) is 6.92 Å². The number of methoxy groups -OCH3 is 1. The fourth-order valence-corrected chi connectivity index (χ4v) is 2.80. The van der Waals surface area contributed by atoms with E-state index in [0.29, 0.717) is 5.69 Å². The second kappa shape index (κ2) is 9.04. The number of para-hydroxylation sites is 1. The fraction of sp³-hybridized carbons (Fsp3) is 0.182. The number of imide groups is 1. The van der Waals surface area contributed by atoms with E-state index in [1.807, 2.05) is 66.8 Å². The molecule has 0 saturated heterocycles. The molecule has 154 valence electrons. The predicted octanol–water partition coefficient (Wildman–Crippen LogP) is 3.28. The summed E-state index contributed by atoms with van der Waals surface area (Å²) in [6.45, 7) is 3.28. The number of carbonyl (C=O) groups excluding carboxylic acids is 3. The van der Waals surface area contributed by atoms with Crippen molar-refractivity contribution in [3.05, 3.63) is 71.9 Å². The maximum atomic E-state index is 12.9. The lowest BCUT2D eigenvalue weighted by atomic mass is 10.0. The van der Waals surface area contributed by atoms with Crippen LogP contribution < -0.4 is 5.32 Å². The number of aryl methyl sites for hydroxylation is 1. The van der Waals surface area contributed by atoms with Gasteiger partial charge in [-0.15, -0.1) is 0 Å². The van der Waals surface area contributed by atoms with Gasteiger partial charge in [0.2, 0.25) is 0 Å². The molecular formula is C22H21N3O5. The van der Waals surface area contributed by atoms with E-state index in [1.54, 1.807) is 10.9 Å². The molecule has 1 aromatic heterocycles. The third-order valence-corrected chi connectivity index (χ3v) is 4.42. The molecule has 0 fully saturated rings. The summed E-state index contributed by atoms with van der Waals surface area (Å²) in [5.74, 6) is -1.52. The van der Waals surface area contributed by atoms with Crippen molar-refractivity contribution in [3.63, 3.8) is 0 Å². The summed E-state index contributed by atoms with van der Waals surface area (Å²) in [7, 11) is 1.13. The third-order valence-electron chi connectivity index (χ3n) is 4.42. The molecule has 0 spiro atoms. The molecule has 0 aliphatic heterocycles. The molecule has 30 heavy (non-hydrogen) atoms. The molecule has 1 atom stereocenters. The van der Waals surface area contributed by atoms with Gasteiger partial charge >= 0.3 is 12.1 Å². The van der Waals surface area contributed by atoms with Crippen LogP contribution in [0.25, 0.3) is 16.9 Å². The lowest BCUT2D eigenvalue weighted by molar-refractivity contribution is -0.128. The second-order valence-corrected chi connectivity index (χ2v) is 6.51. The van der Waals surface area contributed by atoms with E-state index >= 15 is 0 Å². The summed E-state index contributed by atoms with van der Waals surface area (Å²) in [5, 5.41) is 6.56. The van der Waals surface area contributed by atoms with Gasteiger partial charge in [0.05, 0.1) is 12.8 Å². The molecule has 0 aliphatic carbocycles. The van der Waals surface area contributed by atoms with Crippen LogP contribution in [-0.2, 0) is 14.3 Å². The lowest BCUT2D eigenvalue weighted by Gasteiger charge is -2.12. The number of nitrogens with one attached hydrogen (secondary N) is 1. The quantitative estimate of drug-likeness (QED) is 0.652. The van der Waals surface area contributed by atoms with Crippen molar-refractivity contribution in [2.45, 2.75) is 20.0 Å². The number of nitrogens with zero attached hydrogens (tertiary/aromatic N) is 2. The summed E-state index contributed by atoms with van der Waals surface area (Å²) in [4.78, 5) is 36.1. The summed E-state index contributed by atoms with van der Waals surface area (Å²) in [6.07, 6.45) is -0.577. The molecule has 0 aliphatic rings. The Balaban J connectivity index is 1.95. The monoisotopic (exact) mass is 407 g/mol. The Morgan fingerprint density at radius 1 is 1.03 bits per heavy atom. The Morgan fingerprint density at radius 2 is 1.70 bits per heavy atom. The molecule has 0 radical (unpaired) electrons. The highest BCUT2D eigenvalue weighted by Crippen LogP contribution is 2.27. The highest BCUT2D eigenvalue weighted by molar-refractivity contribution is 5.99. The van der Waals surface area contributed by atoms with E-state index in [0.717, 1.165) is 23.9 Å². The Bertz CT molecular complexity index is 1080. The maximum absolute atomic E-state index is 12.9. The van der Waals surface area contributed by atoms with Gasteiger partial charge in [-0.2, -0.15) is 5.10 Å². The molecular weight excluding hydrogens is 386 g/mol. The smallest absolute Gasteiger partial charge is 0.413 e. The molecule has 1 heterocycles. The molecule has 3 aromatic rings. The van der Waals surface area contributed by atoms with Gasteiger partial charge in [-0.05, 0) is 31.5 Å². The largest absolute Gasteiger partial charge is 0.453 e. The van der Waals surface area contributed by atoms with Crippen LogP contribution in [0.2, 0.25) is 0 Å². The number of aromatic nitrogens is 2. The van der Waals surface area contributed by atoms with Gasteiger partial charge in [0.1, 0.15) is 11.3 Å². The van der Waals surface area contributed by atoms with E-state index in [1.165, 1.54) is 6.92 Å². The van der Waals surface area contributed by atoms with Crippen molar-refractivity contribution in [2.24, 2.45) is 0 Å². The second-order valence-electron chi connectivity index (χ2n) is 6.51. The highest BCUT2D eigenvalue weighted by atomic mass is 16.6. The van der Waals surface area contributed by atoms with Crippen LogP contribution in [0.5, 0.6) is 0 Å². The predicted molar refractivity (Wildman–Crippen MR) is 109 cm³/mol. The summed E-state index contributed by atoms with van der Waals surface area (Å²) in [6, 6.07) is 16.8. The van der Waals surface area contributed by atoms with Crippen LogP contribution in [0.4, 0.5) is 4.79 Å². The lowest BCUT2D eigenvalue weighted by Crippen LogP contribution is -2.39. The van der Waals surface area contributed by atoms with Crippen LogP contribution in [0.3, 0.4) is 0 Å². The zero-order valence-corrected chi connectivity index (χ0v) is 16.8. The van der Waals surface area contributed by atoms with Crippen LogP contribution in [0.15, 0.2) is 60.8 Å². The minimum atomic E-state index is -1.21. The SMILES string of the molecule is COC(=O)NC(=O)[C@H](C)OC(=O)c1cn(-c2ccccc2)nc1-c1ccccc1C. The fourth-order valence-electron chi connectivity index (χ4n) is 2.80. The van der Waals surface area contributed by atoms with Gasteiger partial charge in [0, 0.05) is 11.8 Å². The maximum Gasteiger partial charge on any atom is 0.413 e. The Labute approximate surface area is 173 Å². The first-order valence-electron chi connectivity index (χ1n) is 9.21. The molecule has 0 bridgehead atoms. The molecule has 8 nitrogen and oxygen atoms in total. The number of hydrogen-bond donors (Lipinski definition) is 1. The molecule has 2 amide bonds. The Kier molecular flexibility index (Phi) is 6.26. The number of hydrogen-bond acceptors (Lipinski definition) is 6. The van der Waals surface area contributed by atoms with Crippen LogP contribution >= 0.6 is 0 Å². The minimum Gasteiger partial charge on any atom is -0.453 e. The molecule has 0 saturated carbocycles. The van der Waals surface area contributed by atoms with Crippen LogP contribution in [0.1, 0.15) is 22.8 Å². The topological polar surface area (TPSA) is 99.5 Å². The standard InChI is InChI=1S/C22H21N3O5/c1-14-9-7-8-12-17(14)19-18(13-25(24-19)16-10-5-4-6-11-16)21(27)30-15(2)20(26)23-22(28)29-3/h4-13,15H,1-3H3,(H,23,26,28)/t15-/m0/s1. The average Bonchev–Trinajstić information content (AvgIpc) is 3.20. The van der Waals surface area contributed by atoms with Crippen LogP contribution in [-0.4, -0.2) is 41.0 Å². The zero-order chi connectivity index (χ0) is 21.7. The first kappa shape index (κ1) is 20.8. The highest BCUT2D eigenvalue weighted by Gasteiger charge is 2.25. The Hall–Kier alpha value is -3.94. The van der Waals surface area contributed by atoms with Gasteiger partial charge < -0.3 is 9.47 Å². The normalized spacial score (nSPS) is 11.4. The number of ether oxygens (including phenoxy) is 2. The van der Waals surface area contributed by atoms with Crippen molar-refractivity contribution in [3.8, 4) is 16.9 Å². The molecule has 8 heteroatoms. The molecule has 2 aromatic carbocycles. The van der Waals surface area contributed by atoms with E-state index in [2.05, 4.69) is 9.84 Å². The van der Waals surface area contributed by atoms with Crippen molar-refractivity contribution < 1.29 is 23.9 Å². The van der Waals surface area contributed by atoms with Gasteiger partial charge in [0.15, 0.2) is 6.10 Å². The van der Waals surface area contributed by atoms with E-state index in [9.17, 15) is 14.4 Å². The average molecular weight is 407 g/mol. The van der Waals surface area contributed by atoms with E-state index in [4.69, 9.17) is 4.74 Å². The first-order chi connectivity index (χ1) is 14.4.